The van der Waals surface area contributed by atoms with E-state index in [0.717, 1.165) is 17.7 Å². The number of aromatic nitrogens is 1. The van der Waals surface area contributed by atoms with Gasteiger partial charge in [-0.1, -0.05) is 12.1 Å². The van der Waals surface area contributed by atoms with Crippen molar-refractivity contribution in [1.29, 1.82) is 0 Å². The molecule has 0 aliphatic carbocycles. The Bertz CT molecular complexity index is 652. The number of nitrogens with zero attached hydrogens (tertiary/aromatic N) is 1. The fraction of sp³-hybridized carbons (Fsp3) is 0.353. The van der Waals surface area contributed by atoms with E-state index in [1.54, 1.807) is 22.9 Å². The van der Waals surface area contributed by atoms with Crippen LogP contribution in [0.25, 0.3) is 0 Å². The summed E-state index contributed by atoms with van der Waals surface area (Å²) in [6, 6.07) is 11.3. The second-order valence-electron chi connectivity index (χ2n) is 5.03. The summed E-state index contributed by atoms with van der Waals surface area (Å²) < 4.78 is 12.7. The molecule has 0 saturated carbocycles. The first-order valence-corrected chi connectivity index (χ1v) is 7.42. The van der Waals surface area contributed by atoms with Crippen LogP contribution in [-0.2, 0) is 6.54 Å². The van der Waals surface area contributed by atoms with E-state index in [1.807, 2.05) is 31.2 Å². The van der Waals surface area contributed by atoms with Gasteiger partial charge in [0.2, 0.25) is 0 Å². The van der Waals surface area contributed by atoms with Gasteiger partial charge in [0, 0.05) is 12.7 Å². The molecule has 22 heavy (non-hydrogen) atoms. The number of benzene rings is 1. The second kappa shape index (κ2) is 8.24. The maximum atomic E-state index is 12.1. The highest BCUT2D eigenvalue weighted by Gasteiger charge is 2.04. The topological polar surface area (TPSA) is 66.5 Å². The van der Waals surface area contributed by atoms with E-state index in [4.69, 9.17) is 15.2 Å². The van der Waals surface area contributed by atoms with Gasteiger partial charge in [-0.25, -0.2) is 0 Å². The van der Waals surface area contributed by atoms with E-state index >= 15 is 0 Å². The van der Waals surface area contributed by atoms with Crippen LogP contribution in [0.3, 0.4) is 0 Å². The summed E-state index contributed by atoms with van der Waals surface area (Å²) in [5.74, 6) is 1.14. The van der Waals surface area contributed by atoms with Crippen LogP contribution in [0.2, 0.25) is 0 Å². The first-order valence-electron chi connectivity index (χ1n) is 7.42. The summed E-state index contributed by atoms with van der Waals surface area (Å²) >= 11 is 0. The van der Waals surface area contributed by atoms with Crippen LogP contribution in [0, 0.1) is 6.92 Å². The fourth-order valence-electron chi connectivity index (χ4n) is 2.08. The van der Waals surface area contributed by atoms with Gasteiger partial charge in [-0.05, 0) is 49.7 Å². The van der Waals surface area contributed by atoms with Gasteiger partial charge in [0.25, 0.3) is 5.56 Å². The lowest BCUT2D eigenvalue weighted by Crippen LogP contribution is -2.23. The Kier molecular flexibility index (Phi) is 6.03. The van der Waals surface area contributed by atoms with E-state index in [2.05, 4.69) is 0 Å². The van der Waals surface area contributed by atoms with Crippen molar-refractivity contribution in [1.82, 2.24) is 4.57 Å². The SMILES string of the molecule is Cc1cccc(OCCOc2cccn(CCCN)c2=O)c1. The fourth-order valence-corrected chi connectivity index (χ4v) is 2.08. The molecule has 0 aliphatic heterocycles. The number of hydrogen-bond donors (Lipinski definition) is 1. The molecule has 0 radical (unpaired) electrons. The Morgan fingerprint density at radius 2 is 1.95 bits per heavy atom. The minimum atomic E-state index is -0.133. The Morgan fingerprint density at radius 1 is 1.14 bits per heavy atom. The molecule has 0 amide bonds. The van der Waals surface area contributed by atoms with Crippen molar-refractivity contribution >= 4 is 0 Å². The van der Waals surface area contributed by atoms with Crippen molar-refractivity contribution in [3.05, 3.63) is 58.5 Å². The van der Waals surface area contributed by atoms with Gasteiger partial charge < -0.3 is 19.8 Å². The molecule has 1 aromatic heterocycles. The van der Waals surface area contributed by atoms with Crippen LogP contribution in [0.4, 0.5) is 0 Å². The number of pyridine rings is 1. The van der Waals surface area contributed by atoms with Crippen LogP contribution in [0.1, 0.15) is 12.0 Å². The van der Waals surface area contributed by atoms with E-state index in [1.165, 1.54) is 0 Å². The van der Waals surface area contributed by atoms with E-state index in [0.29, 0.717) is 32.1 Å². The maximum absolute atomic E-state index is 12.1. The smallest absolute Gasteiger partial charge is 0.292 e. The van der Waals surface area contributed by atoms with E-state index in [9.17, 15) is 4.79 Å². The van der Waals surface area contributed by atoms with Crippen LogP contribution >= 0.6 is 0 Å². The summed E-state index contributed by atoms with van der Waals surface area (Å²) in [4.78, 5) is 12.1. The quantitative estimate of drug-likeness (QED) is 0.757. The molecule has 0 fully saturated rings. The summed E-state index contributed by atoms with van der Waals surface area (Å²) in [7, 11) is 0. The molecule has 2 rings (SSSR count). The second-order valence-corrected chi connectivity index (χ2v) is 5.03. The number of hydrogen-bond acceptors (Lipinski definition) is 4. The highest BCUT2D eigenvalue weighted by Crippen LogP contribution is 2.12. The van der Waals surface area contributed by atoms with Crippen molar-refractivity contribution in [2.75, 3.05) is 19.8 Å². The lowest BCUT2D eigenvalue weighted by atomic mass is 10.2. The molecular formula is C17H22N2O3. The molecule has 1 heterocycles. The predicted molar refractivity (Wildman–Crippen MR) is 86.5 cm³/mol. The minimum absolute atomic E-state index is 0.133. The zero-order valence-corrected chi connectivity index (χ0v) is 12.8. The highest BCUT2D eigenvalue weighted by atomic mass is 16.5. The molecule has 5 nitrogen and oxygen atoms in total. The molecule has 1 aromatic carbocycles. The molecule has 0 aliphatic rings. The van der Waals surface area contributed by atoms with Crippen molar-refractivity contribution in [3.8, 4) is 11.5 Å². The van der Waals surface area contributed by atoms with Crippen molar-refractivity contribution in [2.45, 2.75) is 19.9 Å². The van der Waals surface area contributed by atoms with Crippen molar-refractivity contribution in [3.63, 3.8) is 0 Å². The van der Waals surface area contributed by atoms with Crippen LogP contribution in [0.5, 0.6) is 11.5 Å². The zero-order valence-electron chi connectivity index (χ0n) is 12.8. The van der Waals surface area contributed by atoms with Crippen LogP contribution in [0.15, 0.2) is 47.4 Å². The summed E-state index contributed by atoms with van der Waals surface area (Å²) in [6.07, 6.45) is 2.51. The molecular weight excluding hydrogens is 280 g/mol. The predicted octanol–water partition coefficient (Wildman–Crippen LogP) is 1.96. The van der Waals surface area contributed by atoms with Crippen LogP contribution < -0.4 is 20.8 Å². The average molecular weight is 302 g/mol. The minimum Gasteiger partial charge on any atom is -0.490 e. The Balaban J connectivity index is 1.85. The highest BCUT2D eigenvalue weighted by molar-refractivity contribution is 5.27. The first-order chi connectivity index (χ1) is 10.7. The third-order valence-electron chi connectivity index (χ3n) is 3.19. The molecule has 0 spiro atoms. The van der Waals surface area contributed by atoms with Gasteiger partial charge >= 0.3 is 0 Å². The Morgan fingerprint density at radius 3 is 2.73 bits per heavy atom. The molecule has 0 atom stereocenters. The monoisotopic (exact) mass is 302 g/mol. The number of aryl methyl sites for hydroxylation is 2. The third-order valence-corrected chi connectivity index (χ3v) is 3.19. The standard InChI is InChI=1S/C17H22N2O3/c1-14-5-2-6-15(13-14)21-11-12-22-16-7-3-9-19(17(16)20)10-4-8-18/h2-3,5-7,9,13H,4,8,10-12,18H2,1H3. The summed E-state index contributed by atoms with van der Waals surface area (Å²) in [6.45, 7) is 3.88. The summed E-state index contributed by atoms with van der Waals surface area (Å²) in [5, 5.41) is 0. The molecule has 5 heteroatoms. The van der Waals surface area contributed by atoms with Crippen molar-refractivity contribution in [2.24, 2.45) is 5.73 Å². The molecule has 118 valence electrons. The van der Waals surface area contributed by atoms with Gasteiger partial charge in [0.1, 0.15) is 19.0 Å². The number of nitrogens with two attached hydrogens (primary N) is 1. The molecule has 0 unspecified atom stereocenters. The number of rotatable bonds is 8. The van der Waals surface area contributed by atoms with E-state index in [-0.39, 0.29) is 5.56 Å². The largest absolute Gasteiger partial charge is 0.490 e. The maximum Gasteiger partial charge on any atom is 0.292 e. The van der Waals surface area contributed by atoms with Gasteiger partial charge in [-0.15, -0.1) is 0 Å². The third kappa shape index (κ3) is 4.63. The lowest BCUT2D eigenvalue weighted by Gasteiger charge is -2.10. The number of ether oxygens (including phenoxy) is 2. The average Bonchev–Trinajstić information content (AvgIpc) is 2.52. The van der Waals surface area contributed by atoms with Crippen molar-refractivity contribution < 1.29 is 9.47 Å². The van der Waals surface area contributed by atoms with Crippen LogP contribution in [-0.4, -0.2) is 24.3 Å². The van der Waals surface area contributed by atoms with Gasteiger partial charge in [0.05, 0.1) is 0 Å². The Labute approximate surface area is 130 Å². The zero-order chi connectivity index (χ0) is 15.8. The first kappa shape index (κ1) is 16.1. The van der Waals surface area contributed by atoms with Gasteiger partial charge in [-0.3, -0.25) is 4.79 Å². The Hall–Kier alpha value is -2.27. The van der Waals surface area contributed by atoms with Gasteiger partial charge in [0.15, 0.2) is 5.75 Å². The van der Waals surface area contributed by atoms with Gasteiger partial charge in [-0.2, -0.15) is 0 Å². The summed E-state index contributed by atoms with van der Waals surface area (Å²) in [5.41, 5.74) is 6.48. The molecule has 0 saturated heterocycles. The molecule has 2 N–H and O–H groups in total. The lowest BCUT2D eigenvalue weighted by molar-refractivity contribution is 0.214. The molecule has 2 aromatic rings. The normalized spacial score (nSPS) is 10.5. The van der Waals surface area contributed by atoms with E-state index < -0.39 is 0 Å². The molecule has 0 bridgehead atoms.